The summed E-state index contributed by atoms with van der Waals surface area (Å²) in [5.74, 6) is -0.00694. The molecule has 0 aliphatic heterocycles. The number of nitrogens with one attached hydrogen (secondary N) is 1. The molecule has 0 aromatic carbocycles. The van der Waals surface area contributed by atoms with Crippen LogP contribution in [0.25, 0.3) is 0 Å². The molecule has 0 spiro atoms. The molecule has 1 aromatic heterocycles. The van der Waals surface area contributed by atoms with Gasteiger partial charge in [0.25, 0.3) is 5.91 Å². The van der Waals surface area contributed by atoms with E-state index in [9.17, 15) is 4.79 Å². The van der Waals surface area contributed by atoms with Gasteiger partial charge in [-0.15, -0.1) is 0 Å². The van der Waals surface area contributed by atoms with Gasteiger partial charge < -0.3 is 9.88 Å². The second kappa shape index (κ2) is 4.66. The van der Waals surface area contributed by atoms with Crippen LogP contribution in [-0.4, -0.2) is 33.9 Å². The van der Waals surface area contributed by atoms with Crippen LogP contribution in [0.3, 0.4) is 0 Å². The second-order valence-electron chi connectivity index (χ2n) is 2.67. The molecule has 0 bridgehead atoms. The maximum absolute atomic E-state index is 11.7. The summed E-state index contributed by atoms with van der Waals surface area (Å²) < 4.78 is 0. The molecule has 1 N–H and O–H groups in total. The Hall–Kier alpha value is -0.740. The Labute approximate surface area is 92.2 Å². The van der Waals surface area contributed by atoms with E-state index in [2.05, 4.69) is 9.97 Å². The van der Waals surface area contributed by atoms with Crippen LogP contribution in [0.5, 0.6) is 0 Å². The van der Waals surface area contributed by atoms with Gasteiger partial charge in [-0.1, -0.05) is 23.2 Å². The highest BCUT2D eigenvalue weighted by Crippen LogP contribution is 2.18. The van der Waals surface area contributed by atoms with Crippen molar-refractivity contribution in [3.63, 3.8) is 0 Å². The zero-order valence-electron chi connectivity index (χ0n) is 7.97. The van der Waals surface area contributed by atoms with Crippen molar-refractivity contribution in [3.8, 4) is 0 Å². The van der Waals surface area contributed by atoms with E-state index in [1.807, 2.05) is 13.8 Å². The molecule has 1 aromatic rings. The SMILES string of the molecule is CCN(CC)C(=O)c1nc(Cl)c(Cl)[nH]1. The van der Waals surface area contributed by atoms with Gasteiger partial charge in [-0.05, 0) is 13.8 Å². The van der Waals surface area contributed by atoms with Gasteiger partial charge in [-0.3, -0.25) is 4.79 Å². The van der Waals surface area contributed by atoms with Crippen LogP contribution in [0.1, 0.15) is 24.5 Å². The summed E-state index contributed by atoms with van der Waals surface area (Å²) in [5.41, 5.74) is 0. The van der Waals surface area contributed by atoms with Crippen molar-refractivity contribution in [2.24, 2.45) is 0 Å². The number of aromatic nitrogens is 2. The zero-order valence-corrected chi connectivity index (χ0v) is 9.48. The number of nitrogens with zero attached hydrogens (tertiary/aromatic N) is 2. The smallest absolute Gasteiger partial charge is 0.289 e. The van der Waals surface area contributed by atoms with Gasteiger partial charge in [0.1, 0.15) is 5.15 Å². The van der Waals surface area contributed by atoms with Gasteiger partial charge >= 0.3 is 0 Å². The van der Waals surface area contributed by atoms with Gasteiger partial charge in [0, 0.05) is 13.1 Å². The lowest BCUT2D eigenvalue weighted by molar-refractivity contribution is 0.0762. The maximum atomic E-state index is 11.7. The average Bonchev–Trinajstić information content (AvgIpc) is 2.49. The molecule has 1 amide bonds. The first-order valence-corrected chi connectivity index (χ1v) is 5.06. The van der Waals surface area contributed by atoms with Crippen LogP contribution in [0.4, 0.5) is 0 Å². The highest BCUT2D eigenvalue weighted by molar-refractivity contribution is 6.40. The van der Waals surface area contributed by atoms with Crippen LogP contribution in [0.2, 0.25) is 10.3 Å². The van der Waals surface area contributed by atoms with Gasteiger partial charge in [0.2, 0.25) is 0 Å². The molecule has 4 nitrogen and oxygen atoms in total. The van der Waals surface area contributed by atoms with Crippen molar-refractivity contribution in [1.29, 1.82) is 0 Å². The summed E-state index contributed by atoms with van der Waals surface area (Å²) in [5, 5.41) is 0.323. The van der Waals surface area contributed by atoms with E-state index in [0.29, 0.717) is 13.1 Å². The Balaban J connectivity index is 2.88. The van der Waals surface area contributed by atoms with E-state index >= 15 is 0 Å². The molecular weight excluding hydrogens is 225 g/mol. The van der Waals surface area contributed by atoms with E-state index in [1.54, 1.807) is 4.90 Å². The summed E-state index contributed by atoms with van der Waals surface area (Å²) in [7, 11) is 0. The van der Waals surface area contributed by atoms with Crippen molar-refractivity contribution in [1.82, 2.24) is 14.9 Å². The minimum Gasteiger partial charge on any atom is -0.337 e. The second-order valence-corrected chi connectivity index (χ2v) is 3.40. The van der Waals surface area contributed by atoms with Crippen LogP contribution in [0, 0.1) is 0 Å². The van der Waals surface area contributed by atoms with Gasteiger partial charge in [-0.25, -0.2) is 4.98 Å². The molecule has 0 saturated carbocycles. The van der Waals surface area contributed by atoms with Crippen molar-refractivity contribution < 1.29 is 4.79 Å². The number of H-pyrrole nitrogens is 1. The molecule has 1 heterocycles. The number of rotatable bonds is 3. The number of carbonyl (C=O) groups is 1. The average molecular weight is 236 g/mol. The van der Waals surface area contributed by atoms with E-state index in [0.717, 1.165) is 0 Å². The Morgan fingerprint density at radius 1 is 1.43 bits per heavy atom. The van der Waals surface area contributed by atoms with Crippen molar-refractivity contribution in [2.45, 2.75) is 13.8 Å². The molecule has 0 unspecified atom stereocenters. The van der Waals surface area contributed by atoms with E-state index in [4.69, 9.17) is 23.2 Å². The topological polar surface area (TPSA) is 49.0 Å². The van der Waals surface area contributed by atoms with Crippen LogP contribution in [0.15, 0.2) is 0 Å². The predicted molar refractivity (Wildman–Crippen MR) is 55.9 cm³/mol. The molecule has 0 aliphatic rings. The van der Waals surface area contributed by atoms with Crippen LogP contribution >= 0.6 is 23.2 Å². The lowest BCUT2D eigenvalue weighted by atomic mass is 10.4. The third-order valence-corrected chi connectivity index (χ3v) is 2.52. The van der Waals surface area contributed by atoms with Gasteiger partial charge in [0.05, 0.1) is 0 Å². The lowest BCUT2D eigenvalue weighted by Crippen LogP contribution is -2.31. The molecule has 0 atom stereocenters. The number of aromatic amines is 1. The standard InChI is InChI=1S/C8H11Cl2N3O/c1-3-13(4-2)8(14)7-11-5(9)6(10)12-7/h3-4H2,1-2H3,(H,11,12). The number of hydrogen-bond acceptors (Lipinski definition) is 2. The summed E-state index contributed by atoms with van der Waals surface area (Å²) in [6, 6.07) is 0. The first kappa shape index (κ1) is 11.3. The van der Waals surface area contributed by atoms with Crippen LogP contribution in [-0.2, 0) is 0 Å². The normalized spacial score (nSPS) is 10.3. The summed E-state index contributed by atoms with van der Waals surface area (Å²) in [6.45, 7) is 5.05. The van der Waals surface area contributed by atoms with Crippen LogP contribution < -0.4 is 0 Å². The molecule has 6 heteroatoms. The third kappa shape index (κ3) is 2.19. The Bertz CT molecular complexity index is 314. The number of carbonyl (C=O) groups excluding carboxylic acids is 1. The maximum Gasteiger partial charge on any atom is 0.289 e. The summed E-state index contributed by atoms with van der Waals surface area (Å²) in [4.78, 5) is 19.8. The van der Waals surface area contributed by atoms with E-state index < -0.39 is 0 Å². The number of halogens is 2. The first-order chi connectivity index (χ1) is 6.60. The quantitative estimate of drug-likeness (QED) is 0.874. The summed E-state index contributed by atoms with van der Waals surface area (Å²) in [6.07, 6.45) is 0. The first-order valence-electron chi connectivity index (χ1n) is 4.30. The number of imidazole rings is 1. The molecular formula is C8H11Cl2N3O. The molecule has 14 heavy (non-hydrogen) atoms. The highest BCUT2D eigenvalue weighted by Gasteiger charge is 2.17. The minimum atomic E-state index is -0.191. The van der Waals surface area contributed by atoms with Crippen molar-refractivity contribution in [2.75, 3.05) is 13.1 Å². The molecule has 0 radical (unpaired) electrons. The number of amides is 1. The molecule has 0 fully saturated rings. The van der Waals surface area contributed by atoms with E-state index in [-0.39, 0.29) is 22.0 Å². The molecule has 0 saturated heterocycles. The molecule has 78 valence electrons. The van der Waals surface area contributed by atoms with Crippen molar-refractivity contribution in [3.05, 3.63) is 16.1 Å². The predicted octanol–water partition coefficient (Wildman–Crippen LogP) is 2.20. The Morgan fingerprint density at radius 2 is 2.00 bits per heavy atom. The van der Waals surface area contributed by atoms with Gasteiger partial charge in [-0.2, -0.15) is 0 Å². The number of hydrogen-bond donors (Lipinski definition) is 1. The third-order valence-electron chi connectivity index (χ3n) is 1.87. The molecule has 1 rings (SSSR count). The highest BCUT2D eigenvalue weighted by atomic mass is 35.5. The fourth-order valence-electron chi connectivity index (χ4n) is 1.09. The fraction of sp³-hybridized carbons (Fsp3) is 0.500. The molecule has 0 aliphatic carbocycles. The summed E-state index contributed by atoms with van der Waals surface area (Å²) >= 11 is 11.3. The Morgan fingerprint density at radius 3 is 2.36 bits per heavy atom. The Kier molecular flexibility index (Phi) is 3.77. The minimum absolute atomic E-state index is 0.127. The van der Waals surface area contributed by atoms with Crippen molar-refractivity contribution >= 4 is 29.1 Å². The lowest BCUT2D eigenvalue weighted by Gasteiger charge is -2.16. The van der Waals surface area contributed by atoms with Gasteiger partial charge in [0.15, 0.2) is 11.0 Å². The monoisotopic (exact) mass is 235 g/mol. The largest absolute Gasteiger partial charge is 0.337 e. The fourth-order valence-corrected chi connectivity index (χ4v) is 1.36. The zero-order chi connectivity index (χ0) is 10.7. The van der Waals surface area contributed by atoms with E-state index in [1.165, 1.54) is 0 Å².